The molecule has 120 valence electrons. The molecule has 6 heteroatoms. The third-order valence-corrected chi connectivity index (χ3v) is 4.42. The van der Waals surface area contributed by atoms with Crippen molar-refractivity contribution in [3.63, 3.8) is 0 Å². The molecule has 0 amide bonds. The number of hydrogen-bond acceptors (Lipinski definition) is 4. The largest absolute Gasteiger partial charge is 0.504 e. The van der Waals surface area contributed by atoms with Gasteiger partial charge in [-0.1, -0.05) is 6.07 Å². The zero-order valence-electron chi connectivity index (χ0n) is 13.1. The number of phenolic OH excluding ortho intramolecular Hbond substituents is 1. The van der Waals surface area contributed by atoms with Gasteiger partial charge in [-0.2, -0.15) is 5.26 Å². The highest BCUT2D eigenvalue weighted by molar-refractivity contribution is 14.1. The van der Waals surface area contributed by atoms with Crippen molar-refractivity contribution < 1.29 is 9.84 Å². The van der Waals surface area contributed by atoms with Crippen molar-refractivity contribution in [3.05, 3.63) is 50.9 Å². The summed E-state index contributed by atoms with van der Waals surface area (Å²) in [5.41, 5.74) is 3.99. The summed E-state index contributed by atoms with van der Waals surface area (Å²) in [6.07, 6.45) is 1.72. The molecule has 0 saturated heterocycles. The number of halogens is 1. The van der Waals surface area contributed by atoms with Crippen molar-refractivity contribution >= 4 is 45.3 Å². The van der Waals surface area contributed by atoms with E-state index in [1.807, 2.05) is 47.7 Å². The van der Waals surface area contributed by atoms with E-state index >= 15 is 0 Å². The molecule has 2 N–H and O–H groups in total. The van der Waals surface area contributed by atoms with Crippen LogP contribution in [-0.4, -0.2) is 22.2 Å². The van der Waals surface area contributed by atoms with Crippen LogP contribution in [-0.2, 0) is 0 Å². The normalized spacial score (nSPS) is 11.5. The van der Waals surface area contributed by atoms with Gasteiger partial charge in [-0.25, -0.2) is 4.98 Å². The van der Waals surface area contributed by atoms with E-state index < -0.39 is 0 Å². The summed E-state index contributed by atoms with van der Waals surface area (Å²) >= 11 is 2.02. The van der Waals surface area contributed by atoms with Gasteiger partial charge in [-0.15, -0.1) is 0 Å². The van der Waals surface area contributed by atoms with Crippen LogP contribution in [0.2, 0.25) is 0 Å². The second-order valence-corrected chi connectivity index (χ2v) is 6.49. The molecule has 0 radical (unpaired) electrons. The number of ether oxygens (including phenoxy) is 1. The molecule has 1 aromatic heterocycles. The summed E-state index contributed by atoms with van der Waals surface area (Å²) in [5, 5.41) is 19.4. The number of nitriles is 1. The Labute approximate surface area is 152 Å². The van der Waals surface area contributed by atoms with Crippen molar-refractivity contribution in [2.24, 2.45) is 0 Å². The lowest BCUT2D eigenvalue weighted by Gasteiger charge is -2.06. The Kier molecular flexibility index (Phi) is 4.44. The number of phenols is 1. The Hall–Kier alpha value is -2.53. The fraction of sp³-hybridized carbons (Fsp3) is 0.111. The summed E-state index contributed by atoms with van der Waals surface area (Å²) < 4.78 is 5.81. The number of methoxy groups -OCH3 is 1. The van der Waals surface area contributed by atoms with Gasteiger partial charge in [0, 0.05) is 0 Å². The zero-order valence-corrected chi connectivity index (χ0v) is 15.2. The third-order valence-electron chi connectivity index (χ3n) is 3.59. The van der Waals surface area contributed by atoms with E-state index in [1.54, 1.807) is 18.2 Å². The third kappa shape index (κ3) is 3.08. The number of rotatable bonds is 3. The lowest BCUT2D eigenvalue weighted by Crippen LogP contribution is -1.89. The van der Waals surface area contributed by atoms with Gasteiger partial charge in [0.15, 0.2) is 11.5 Å². The van der Waals surface area contributed by atoms with E-state index in [4.69, 9.17) is 4.74 Å². The van der Waals surface area contributed by atoms with E-state index in [1.165, 1.54) is 7.11 Å². The van der Waals surface area contributed by atoms with Gasteiger partial charge in [-0.3, -0.25) is 0 Å². The predicted molar refractivity (Wildman–Crippen MR) is 102 cm³/mol. The second kappa shape index (κ2) is 6.53. The molecule has 24 heavy (non-hydrogen) atoms. The maximum atomic E-state index is 9.91. The lowest BCUT2D eigenvalue weighted by atomic mass is 10.1. The molecule has 2 aromatic carbocycles. The van der Waals surface area contributed by atoms with Crippen molar-refractivity contribution in [1.29, 1.82) is 5.26 Å². The Balaban J connectivity index is 2.09. The molecule has 3 aromatic rings. The van der Waals surface area contributed by atoms with E-state index in [-0.39, 0.29) is 5.75 Å². The highest BCUT2D eigenvalue weighted by Gasteiger charge is 2.11. The number of nitrogens with one attached hydrogen (secondary N) is 1. The fourth-order valence-corrected chi connectivity index (χ4v) is 3.03. The van der Waals surface area contributed by atoms with Gasteiger partial charge in [0.25, 0.3) is 0 Å². The molecular weight excluding hydrogens is 417 g/mol. The Bertz CT molecular complexity index is 999. The quantitative estimate of drug-likeness (QED) is 0.480. The lowest BCUT2D eigenvalue weighted by molar-refractivity contribution is 0.371. The van der Waals surface area contributed by atoms with Gasteiger partial charge in [-0.05, 0) is 71.0 Å². The number of nitrogens with zero attached hydrogens (tertiary/aromatic N) is 2. The number of hydrogen-bond donors (Lipinski definition) is 2. The molecule has 0 fully saturated rings. The van der Waals surface area contributed by atoms with Crippen LogP contribution in [0.1, 0.15) is 17.0 Å². The van der Waals surface area contributed by atoms with Crippen LogP contribution in [0.25, 0.3) is 22.7 Å². The molecule has 5 nitrogen and oxygen atoms in total. The number of allylic oxidation sites excluding steroid dienone is 1. The monoisotopic (exact) mass is 431 g/mol. The number of imidazole rings is 1. The minimum atomic E-state index is 0.0907. The van der Waals surface area contributed by atoms with Gasteiger partial charge in [0.05, 0.1) is 27.3 Å². The van der Waals surface area contributed by atoms with E-state index in [2.05, 4.69) is 16.0 Å². The van der Waals surface area contributed by atoms with Crippen molar-refractivity contribution in [2.45, 2.75) is 6.92 Å². The Morgan fingerprint density at radius 1 is 1.38 bits per heavy atom. The van der Waals surface area contributed by atoms with Crippen molar-refractivity contribution in [1.82, 2.24) is 9.97 Å². The topological polar surface area (TPSA) is 81.9 Å². The molecule has 0 bridgehead atoms. The summed E-state index contributed by atoms with van der Waals surface area (Å²) in [5.74, 6) is 0.971. The van der Waals surface area contributed by atoms with Gasteiger partial charge in [0.2, 0.25) is 0 Å². The van der Waals surface area contributed by atoms with E-state index in [0.717, 1.165) is 22.2 Å². The molecule has 0 aliphatic heterocycles. The number of H-pyrrole nitrogens is 1. The minimum Gasteiger partial charge on any atom is -0.504 e. The first-order valence-electron chi connectivity index (χ1n) is 7.17. The molecule has 0 unspecified atom stereocenters. The van der Waals surface area contributed by atoms with Crippen LogP contribution < -0.4 is 4.74 Å². The standard InChI is InChI=1S/C18H14IN3O2/c1-10-3-4-14-15(5-10)22-18(21-14)12(9-20)6-11-7-13(19)17(23)16(8-11)24-2/h3-8,23H,1-2H3,(H,21,22). The summed E-state index contributed by atoms with van der Waals surface area (Å²) in [7, 11) is 1.49. The smallest absolute Gasteiger partial charge is 0.171 e. The molecule has 0 aliphatic rings. The van der Waals surface area contributed by atoms with E-state index in [9.17, 15) is 10.4 Å². The van der Waals surface area contributed by atoms with Crippen molar-refractivity contribution in [2.75, 3.05) is 7.11 Å². The number of aryl methyl sites for hydroxylation is 1. The number of aromatic nitrogens is 2. The minimum absolute atomic E-state index is 0.0907. The van der Waals surface area contributed by atoms with Crippen LogP contribution >= 0.6 is 22.6 Å². The Morgan fingerprint density at radius 2 is 2.17 bits per heavy atom. The summed E-state index contributed by atoms with van der Waals surface area (Å²) in [4.78, 5) is 7.65. The molecular formula is C18H14IN3O2. The highest BCUT2D eigenvalue weighted by atomic mass is 127. The first-order valence-corrected chi connectivity index (χ1v) is 8.24. The van der Waals surface area contributed by atoms with Gasteiger partial charge >= 0.3 is 0 Å². The maximum Gasteiger partial charge on any atom is 0.171 e. The van der Waals surface area contributed by atoms with Crippen LogP contribution in [0.15, 0.2) is 30.3 Å². The van der Waals surface area contributed by atoms with Crippen LogP contribution in [0.3, 0.4) is 0 Å². The molecule has 0 atom stereocenters. The number of benzene rings is 2. The predicted octanol–water partition coefficient (Wildman–Crippen LogP) is 4.25. The zero-order chi connectivity index (χ0) is 17.3. The molecule has 3 rings (SSSR count). The summed E-state index contributed by atoms with van der Waals surface area (Å²) in [6.45, 7) is 2.01. The summed E-state index contributed by atoms with van der Waals surface area (Å²) in [6, 6.07) is 11.5. The number of aromatic hydroxyl groups is 1. The molecule has 0 spiro atoms. The van der Waals surface area contributed by atoms with Gasteiger partial charge in [0.1, 0.15) is 11.9 Å². The van der Waals surface area contributed by atoms with Gasteiger partial charge < -0.3 is 14.8 Å². The fourth-order valence-electron chi connectivity index (χ4n) is 2.40. The first-order chi connectivity index (χ1) is 11.5. The molecule has 1 heterocycles. The van der Waals surface area contributed by atoms with Crippen LogP contribution in [0.4, 0.5) is 0 Å². The maximum absolute atomic E-state index is 9.91. The average molecular weight is 431 g/mol. The highest BCUT2D eigenvalue weighted by Crippen LogP contribution is 2.33. The number of fused-ring (bicyclic) bond motifs is 1. The Morgan fingerprint density at radius 3 is 2.88 bits per heavy atom. The SMILES string of the molecule is COc1cc(C=C(C#N)c2nc3ccc(C)cc3[nH]2)cc(I)c1O. The second-order valence-electron chi connectivity index (χ2n) is 5.33. The van der Waals surface area contributed by atoms with Crippen molar-refractivity contribution in [3.8, 4) is 17.6 Å². The molecule has 0 aliphatic carbocycles. The number of aromatic amines is 1. The van der Waals surface area contributed by atoms with Crippen LogP contribution in [0.5, 0.6) is 11.5 Å². The first kappa shape index (κ1) is 16.3. The van der Waals surface area contributed by atoms with E-state index in [0.29, 0.717) is 20.7 Å². The molecule has 0 saturated carbocycles. The average Bonchev–Trinajstić information content (AvgIpc) is 2.98. The van der Waals surface area contributed by atoms with Crippen LogP contribution in [0, 0.1) is 21.8 Å².